The minimum atomic E-state index is -3.65. The first-order valence-corrected chi connectivity index (χ1v) is 20.5. The number of piperazine rings is 1. The third-order valence-electron chi connectivity index (χ3n) is 11.2. The number of nitriles is 1. The van der Waals surface area contributed by atoms with Crippen LogP contribution in [0.5, 0.6) is 17.2 Å². The predicted molar refractivity (Wildman–Crippen MR) is 230 cm³/mol. The number of hydrogen-bond donors (Lipinski definition) is 2. The smallest absolute Gasteiger partial charge is 0.265 e. The number of fused-ring (bicyclic) bond motifs is 2. The van der Waals surface area contributed by atoms with E-state index in [-0.39, 0.29) is 45.9 Å². The topological polar surface area (TPSA) is 170 Å². The fourth-order valence-electron chi connectivity index (χ4n) is 7.95. The number of methoxy groups -OCH3 is 2. The monoisotopic (exact) mass is 912 g/mol. The van der Waals surface area contributed by atoms with Gasteiger partial charge in [0.2, 0.25) is 11.8 Å². The van der Waals surface area contributed by atoms with Gasteiger partial charge in [-0.25, -0.2) is 8.78 Å². The third kappa shape index (κ3) is 8.77. The van der Waals surface area contributed by atoms with Gasteiger partial charge < -0.3 is 29.3 Å². The summed E-state index contributed by atoms with van der Waals surface area (Å²) in [5.41, 5.74) is -2.24. The van der Waals surface area contributed by atoms with E-state index >= 15 is 8.78 Å². The van der Waals surface area contributed by atoms with Crippen molar-refractivity contribution in [3.05, 3.63) is 74.9 Å². The summed E-state index contributed by atoms with van der Waals surface area (Å²) in [6.07, 6.45) is 2.05. The van der Waals surface area contributed by atoms with Gasteiger partial charge in [0, 0.05) is 80.8 Å². The molecule has 3 fully saturated rings. The number of pyridine rings is 1. The summed E-state index contributed by atoms with van der Waals surface area (Å²) >= 11 is 12.7. The molecule has 0 bridgehead atoms. The molecule has 8 rings (SSSR count). The number of carbonyl (C=O) groups is 4. The Hall–Kier alpha value is -5.80. The molecular weight excluding hydrogens is 861 g/mol. The second-order valence-corrected chi connectivity index (χ2v) is 15.9. The Morgan fingerprint density at radius 2 is 1.65 bits per heavy atom. The van der Waals surface area contributed by atoms with Crippen LogP contribution in [0.4, 0.5) is 25.8 Å². The SMILES string of the molecule is [2H]C1([2H])N(CC2CCN(CCCOc3cc4ncc(C#N)c(Nc5cc(OC)c(Cl)cc5Cl)c4cc3OC)CC2)C([2H])([2H])C([2H])([2H])N(c2cc(F)c3c(c2F)C(=O)N(C2CCC(=O)NC2=O)C3=O)C1([2H])[2H]. The second kappa shape index (κ2) is 18.5. The second-order valence-electron chi connectivity index (χ2n) is 15.0. The zero-order valence-electron chi connectivity index (χ0n) is 41.7. The molecule has 1 atom stereocenters. The number of nitrogens with zero attached hydrogens (tertiary/aromatic N) is 6. The lowest BCUT2D eigenvalue weighted by molar-refractivity contribution is -0.136. The molecule has 0 spiro atoms. The molecule has 4 aliphatic rings. The molecule has 0 radical (unpaired) electrons. The number of likely N-dealkylation sites (tertiary alicyclic amines) is 1. The van der Waals surface area contributed by atoms with Crippen LogP contribution in [-0.4, -0.2) is 122 Å². The highest BCUT2D eigenvalue weighted by molar-refractivity contribution is 6.37. The lowest BCUT2D eigenvalue weighted by Crippen LogP contribution is -2.54. The van der Waals surface area contributed by atoms with Gasteiger partial charge in [0.1, 0.15) is 23.7 Å². The van der Waals surface area contributed by atoms with Crippen LogP contribution < -0.4 is 29.7 Å². The fraction of sp³-hybridized carbons (Fsp3) is 0.409. The number of anilines is 3. The standard InChI is InChI=1S/C44H44Cl2F2N8O7/c1-61-34-20-31(27(45)17-28(34)46)51-41-25(21-49)22-50-30-19-36(35(62-2)16-26(30)41)63-15-3-8-53-9-6-24(7-10-53)23-54-11-13-55(14-12-54)33-18-29(47)38-39(40(33)48)44(60)56(43(38)59)32-4-5-37(57)52-42(32)58/h16-20,22,24,32H,3-15,23H2,1-2H3,(H,50,51)(H,52,57,58)/i11D2,12D2,13D2,14D2. The van der Waals surface area contributed by atoms with E-state index in [1.54, 1.807) is 18.2 Å². The van der Waals surface area contributed by atoms with E-state index < -0.39 is 96.6 Å². The number of piperidine rings is 2. The highest BCUT2D eigenvalue weighted by Gasteiger charge is 2.48. The molecule has 0 aliphatic carbocycles. The molecule has 4 aliphatic heterocycles. The first kappa shape index (κ1) is 34.7. The van der Waals surface area contributed by atoms with E-state index in [1.165, 1.54) is 26.5 Å². The highest BCUT2D eigenvalue weighted by atomic mass is 35.5. The molecule has 63 heavy (non-hydrogen) atoms. The zero-order chi connectivity index (χ0) is 51.7. The van der Waals surface area contributed by atoms with Crippen molar-refractivity contribution in [2.24, 2.45) is 5.92 Å². The maximum Gasteiger partial charge on any atom is 0.265 e. The molecule has 0 saturated carbocycles. The van der Waals surface area contributed by atoms with Crippen molar-refractivity contribution in [2.45, 2.75) is 38.1 Å². The molecule has 3 saturated heterocycles. The first-order chi connectivity index (χ1) is 33.4. The van der Waals surface area contributed by atoms with E-state index in [1.807, 2.05) is 5.32 Å². The van der Waals surface area contributed by atoms with Gasteiger partial charge in [-0.15, -0.1) is 0 Å². The van der Waals surface area contributed by atoms with Crippen molar-refractivity contribution in [1.82, 2.24) is 25.0 Å². The van der Waals surface area contributed by atoms with Crippen LogP contribution in [0.2, 0.25) is 10.0 Å². The Morgan fingerprint density at radius 3 is 2.35 bits per heavy atom. The van der Waals surface area contributed by atoms with E-state index in [2.05, 4.69) is 21.3 Å². The first-order valence-electron chi connectivity index (χ1n) is 23.8. The van der Waals surface area contributed by atoms with Crippen molar-refractivity contribution in [3.63, 3.8) is 0 Å². The largest absolute Gasteiger partial charge is 0.495 e. The molecule has 5 heterocycles. The molecular formula is C44H44Cl2F2N8O7. The van der Waals surface area contributed by atoms with Gasteiger partial charge in [-0.1, -0.05) is 23.2 Å². The van der Waals surface area contributed by atoms with Crippen LogP contribution in [-0.2, 0) is 9.59 Å². The van der Waals surface area contributed by atoms with Gasteiger partial charge >= 0.3 is 0 Å². The van der Waals surface area contributed by atoms with Gasteiger partial charge in [-0.2, -0.15) is 5.26 Å². The van der Waals surface area contributed by atoms with Gasteiger partial charge in [0.25, 0.3) is 11.8 Å². The minimum Gasteiger partial charge on any atom is -0.495 e. The summed E-state index contributed by atoms with van der Waals surface area (Å²) in [5.74, 6) is -7.57. The number of carbonyl (C=O) groups excluding carboxylic acids is 4. The van der Waals surface area contributed by atoms with E-state index in [0.29, 0.717) is 88.3 Å². The molecule has 330 valence electrons. The number of imide groups is 2. The molecule has 4 amide bonds. The van der Waals surface area contributed by atoms with Crippen molar-refractivity contribution >= 4 is 74.8 Å². The van der Waals surface area contributed by atoms with Crippen molar-refractivity contribution in [2.75, 3.05) is 83.2 Å². The van der Waals surface area contributed by atoms with Crippen LogP contribution in [0.3, 0.4) is 0 Å². The summed E-state index contributed by atoms with van der Waals surface area (Å²) in [5, 5.41) is 16.2. The number of benzene rings is 3. The quantitative estimate of drug-likeness (QED) is 0.116. The number of amides is 4. The Bertz CT molecular complexity index is 2900. The van der Waals surface area contributed by atoms with Crippen LogP contribution in [0.1, 0.15) is 69.3 Å². The summed E-state index contributed by atoms with van der Waals surface area (Å²) in [6, 6.07) is 7.18. The maximum absolute atomic E-state index is 16.6. The normalized spacial score (nSPS) is 23.8. The zero-order valence-corrected chi connectivity index (χ0v) is 35.3. The Kier molecular flexibility index (Phi) is 10.2. The Labute approximate surface area is 383 Å². The molecule has 1 unspecified atom stereocenters. The number of nitrogens with one attached hydrogen (secondary N) is 2. The molecule has 1 aromatic heterocycles. The van der Waals surface area contributed by atoms with E-state index in [0.717, 1.165) is 0 Å². The van der Waals surface area contributed by atoms with Crippen molar-refractivity contribution in [3.8, 4) is 23.3 Å². The van der Waals surface area contributed by atoms with E-state index in [9.17, 15) is 24.4 Å². The molecule has 3 aromatic carbocycles. The summed E-state index contributed by atoms with van der Waals surface area (Å²) < 4.78 is 121. The number of hydrogen-bond acceptors (Lipinski definition) is 13. The van der Waals surface area contributed by atoms with Crippen LogP contribution in [0.15, 0.2) is 36.5 Å². The van der Waals surface area contributed by atoms with Gasteiger partial charge in [-0.3, -0.25) is 39.3 Å². The number of aromatic nitrogens is 1. The minimum absolute atomic E-state index is 0.195. The van der Waals surface area contributed by atoms with E-state index in [4.69, 9.17) is 48.4 Å². The van der Waals surface area contributed by atoms with Gasteiger partial charge in [0.15, 0.2) is 17.3 Å². The van der Waals surface area contributed by atoms with Crippen molar-refractivity contribution in [1.29, 1.82) is 5.26 Å². The lowest BCUT2D eigenvalue weighted by Gasteiger charge is -2.39. The average molecular weight is 914 g/mol. The van der Waals surface area contributed by atoms with Crippen LogP contribution in [0.25, 0.3) is 10.9 Å². The predicted octanol–water partition coefficient (Wildman–Crippen LogP) is 6.16. The van der Waals surface area contributed by atoms with Gasteiger partial charge in [0.05, 0.1) is 75.6 Å². The maximum atomic E-state index is 16.6. The number of ether oxygens (including phenoxy) is 3. The number of halogens is 4. The van der Waals surface area contributed by atoms with Gasteiger partial charge in [-0.05, 0) is 56.8 Å². The molecule has 15 nitrogen and oxygen atoms in total. The Balaban J connectivity index is 0.919. The fourth-order valence-corrected chi connectivity index (χ4v) is 8.45. The summed E-state index contributed by atoms with van der Waals surface area (Å²) in [6.45, 7) is -12.9. The number of rotatable bonds is 13. The molecule has 4 aromatic rings. The summed E-state index contributed by atoms with van der Waals surface area (Å²) in [7, 11) is 2.93. The molecule has 19 heteroatoms. The van der Waals surface area contributed by atoms with Crippen LogP contribution >= 0.6 is 23.2 Å². The van der Waals surface area contributed by atoms with Crippen LogP contribution in [0, 0.1) is 28.9 Å². The summed E-state index contributed by atoms with van der Waals surface area (Å²) in [4.78, 5) is 58.1. The lowest BCUT2D eigenvalue weighted by atomic mass is 9.95. The average Bonchev–Trinajstić information content (AvgIpc) is 3.58. The third-order valence-corrected chi connectivity index (χ3v) is 11.8. The van der Waals surface area contributed by atoms with Crippen molar-refractivity contribution < 1.29 is 53.1 Å². The molecule has 2 N–H and O–H groups in total. The highest BCUT2D eigenvalue weighted by Crippen LogP contribution is 2.41. The Morgan fingerprint density at radius 1 is 0.921 bits per heavy atom.